The van der Waals surface area contributed by atoms with Crippen molar-refractivity contribution in [1.82, 2.24) is 0 Å². The number of benzene rings is 2. The van der Waals surface area contributed by atoms with E-state index in [1.54, 1.807) is 50.2 Å². The number of anilines is 2. The van der Waals surface area contributed by atoms with Crippen LogP contribution in [0.2, 0.25) is 0 Å². The van der Waals surface area contributed by atoms with E-state index in [0.717, 1.165) is 0 Å². The molecule has 0 heterocycles. The van der Waals surface area contributed by atoms with Crippen LogP contribution in [0.3, 0.4) is 0 Å². The summed E-state index contributed by atoms with van der Waals surface area (Å²) >= 11 is 0. The molecule has 0 aliphatic rings. The molecule has 0 saturated carbocycles. The first-order valence-corrected chi connectivity index (χ1v) is 7.95. The predicted octanol–water partition coefficient (Wildman–Crippen LogP) is 1.69. The van der Waals surface area contributed by atoms with Crippen LogP contribution in [-0.2, 0) is 19.1 Å². The van der Waals surface area contributed by atoms with Crippen molar-refractivity contribution in [1.29, 1.82) is 0 Å². The molecule has 0 atom stereocenters. The van der Waals surface area contributed by atoms with Crippen LogP contribution in [-0.4, -0.2) is 24.1 Å². The minimum absolute atomic E-state index is 0.262. The smallest absolute Gasteiger partial charge is 0.366 e. The summed E-state index contributed by atoms with van der Waals surface area (Å²) in [6.45, 7) is 3.36. The maximum atomic E-state index is 11.9. The highest BCUT2D eigenvalue weighted by Gasteiger charge is 2.29. The summed E-state index contributed by atoms with van der Waals surface area (Å²) in [5, 5.41) is 1.09. The standard InChI is InChI=1S/C18H18N4O6/c1-11-7-3-5-9-13(11)21(19)17(25)27-15(23)16(24)28-18(26)22(20)14-10-6-4-8-12(14)2/h3-10H,19-20H2,1-2H3. The SMILES string of the molecule is Cc1ccccc1N(N)C(=O)OC(=O)C(=O)OC(=O)N(N)c1ccccc1C. The van der Waals surface area contributed by atoms with Crippen molar-refractivity contribution in [3.05, 3.63) is 59.7 Å². The summed E-state index contributed by atoms with van der Waals surface area (Å²) in [5.74, 6) is 7.74. The van der Waals surface area contributed by atoms with Gasteiger partial charge in [0.25, 0.3) is 0 Å². The van der Waals surface area contributed by atoms with Crippen LogP contribution in [0.15, 0.2) is 48.5 Å². The van der Waals surface area contributed by atoms with E-state index < -0.39 is 24.1 Å². The molecule has 4 N–H and O–H groups in total. The van der Waals surface area contributed by atoms with Gasteiger partial charge in [0.05, 0.1) is 11.4 Å². The number of carbonyl (C=O) groups excluding carboxylic acids is 4. The lowest BCUT2D eigenvalue weighted by Crippen LogP contribution is -2.43. The Morgan fingerprint density at radius 3 is 1.32 bits per heavy atom. The molecule has 146 valence electrons. The zero-order valence-electron chi connectivity index (χ0n) is 15.1. The maximum Gasteiger partial charge on any atom is 0.437 e. The van der Waals surface area contributed by atoms with E-state index >= 15 is 0 Å². The third-order valence-electron chi connectivity index (χ3n) is 3.67. The first-order valence-electron chi connectivity index (χ1n) is 7.95. The van der Waals surface area contributed by atoms with Gasteiger partial charge in [-0.15, -0.1) is 0 Å². The normalized spacial score (nSPS) is 10.0. The minimum atomic E-state index is -1.72. The summed E-state index contributed by atoms with van der Waals surface area (Å²) < 4.78 is 8.66. The Balaban J connectivity index is 1.98. The van der Waals surface area contributed by atoms with Gasteiger partial charge in [-0.05, 0) is 37.1 Å². The first kappa shape index (κ1) is 20.6. The summed E-state index contributed by atoms with van der Waals surface area (Å²) in [6.07, 6.45) is -2.65. The highest BCUT2D eigenvalue weighted by molar-refractivity contribution is 6.33. The number of hydrogen-bond donors (Lipinski definition) is 2. The fraction of sp³-hybridized carbons (Fsp3) is 0.111. The molecule has 0 unspecified atom stereocenters. The van der Waals surface area contributed by atoms with Crippen LogP contribution in [0.1, 0.15) is 11.1 Å². The number of hydrogen-bond acceptors (Lipinski definition) is 8. The number of nitrogens with zero attached hydrogens (tertiary/aromatic N) is 2. The van der Waals surface area contributed by atoms with Crippen molar-refractivity contribution in [3.63, 3.8) is 0 Å². The molecular formula is C18H18N4O6. The van der Waals surface area contributed by atoms with E-state index in [4.69, 9.17) is 11.7 Å². The lowest BCUT2D eigenvalue weighted by molar-refractivity contribution is -0.159. The molecule has 10 heteroatoms. The first-order chi connectivity index (χ1) is 13.2. The Hall–Kier alpha value is -3.76. The molecule has 2 amide bonds. The molecule has 2 rings (SSSR count). The van der Waals surface area contributed by atoms with Gasteiger partial charge < -0.3 is 9.47 Å². The number of esters is 2. The van der Waals surface area contributed by atoms with Crippen molar-refractivity contribution in [2.45, 2.75) is 13.8 Å². The second kappa shape index (κ2) is 8.75. The summed E-state index contributed by atoms with van der Waals surface area (Å²) in [6, 6.07) is 13.1. The van der Waals surface area contributed by atoms with Gasteiger partial charge in [-0.3, -0.25) is 0 Å². The third kappa shape index (κ3) is 4.69. The van der Waals surface area contributed by atoms with Crippen molar-refractivity contribution in [2.24, 2.45) is 11.7 Å². The Kier molecular flexibility index (Phi) is 6.42. The fourth-order valence-electron chi connectivity index (χ4n) is 2.20. The van der Waals surface area contributed by atoms with E-state index in [9.17, 15) is 19.2 Å². The number of hydrazine groups is 2. The van der Waals surface area contributed by atoms with Crippen molar-refractivity contribution < 1.29 is 28.7 Å². The Morgan fingerprint density at radius 2 is 1.00 bits per heavy atom. The van der Waals surface area contributed by atoms with Crippen molar-refractivity contribution in [2.75, 3.05) is 10.0 Å². The number of rotatable bonds is 2. The van der Waals surface area contributed by atoms with Gasteiger partial charge in [-0.25, -0.2) is 40.9 Å². The molecular weight excluding hydrogens is 368 g/mol. The molecule has 28 heavy (non-hydrogen) atoms. The van der Waals surface area contributed by atoms with Gasteiger partial charge in [0.15, 0.2) is 0 Å². The monoisotopic (exact) mass is 386 g/mol. The molecule has 0 aliphatic carbocycles. The molecule has 0 radical (unpaired) electrons. The van der Waals surface area contributed by atoms with Crippen LogP contribution in [0, 0.1) is 13.8 Å². The summed E-state index contributed by atoms with van der Waals surface area (Å²) in [5.41, 5.74) is 1.78. The van der Waals surface area contributed by atoms with Gasteiger partial charge in [-0.1, -0.05) is 36.4 Å². The zero-order chi connectivity index (χ0) is 20.8. The third-order valence-corrected chi connectivity index (χ3v) is 3.67. The minimum Gasteiger partial charge on any atom is -0.366 e. The highest BCUT2D eigenvalue weighted by atomic mass is 16.7. The maximum absolute atomic E-state index is 11.9. The molecule has 0 aliphatic heterocycles. The fourth-order valence-corrected chi connectivity index (χ4v) is 2.20. The number of ether oxygens (including phenoxy) is 2. The summed E-state index contributed by atoms with van der Waals surface area (Å²) in [7, 11) is 0. The van der Waals surface area contributed by atoms with Crippen LogP contribution in [0.25, 0.3) is 0 Å². The van der Waals surface area contributed by atoms with Crippen LogP contribution in [0.4, 0.5) is 21.0 Å². The Labute approximate surface area is 160 Å². The topological polar surface area (TPSA) is 145 Å². The van der Waals surface area contributed by atoms with E-state index in [0.29, 0.717) is 21.1 Å². The number of aryl methyl sites for hydroxylation is 2. The molecule has 0 saturated heterocycles. The van der Waals surface area contributed by atoms with Gasteiger partial charge in [0.1, 0.15) is 0 Å². The molecule has 0 bridgehead atoms. The molecule has 0 aromatic heterocycles. The molecule has 0 spiro atoms. The molecule has 0 fully saturated rings. The Morgan fingerprint density at radius 1 is 0.679 bits per heavy atom. The summed E-state index contributed by atoms with van der Waals surface area (Å²) in [4.78, 5) is 47.3. The van der Waals surface area contributed by atoms with Crippen molar-refractivity contribution in [3.8, 4) is 0 Å². The predicted molar refractivity (Wildman–Crippen MR) is 98.7 cm³/mol. The highest BCUT2D eigenvalue weighted by Crippen LogP contribution is 2.18. The number of carbonyl (C=O) groups is 4. The second-order valence-electron chi connectivity index (χ2n) is 5.62. The van der Waals surface area contributed by atoms with E-state index in [1.165, 1.54) is 12.1 Å². The lowest BCUT2D eigenvalue weighted by atomic mass is 10.2. The van der Waals surface area contributed by atoms with E-state index in [-0.39, 0.29) is 11.4 Å². The lowest BCUT2D eigenvalue weighted by Gasteiger charge is -2.18. The van der Waals surface area contributed by atoms with Gasteiger partial charge >= 0.3 is 24.1 Å². The molecule has 10 nitrogen and oxygen atoms in total. The van der Waals surface area contributed by atoms with Gasteiger partial charge in [-0.2, -0.15) is 0 Å². The van der Waals surface area contributed by atoms with Crippen molar-refractivity contribution >= 4 is 35.5 Å². The van der Waals surface area contributed by atoms with E-state index in [2.05, 4.69) is 9.47 Å². The number of para-hydroxylation sites is 2. The number of amides is 2. The average molecular weight is 386 g/mol. The Bertz CT molecular complexity index is 854. The second-order valence-corrected chi connectivity index (χ2v) is 5.62. The molecule has 2 aromatic rings. The quantitative estimate of drug-likeness (QED) is 0.198. The zero-order valence-corrected chi connectivity index (χ0v) is 15.1. The van der Waals surface area contributed by atoms with Gasteiger partial charge in [0, 0.05) is 0 Å². The average Bonchev–Trinajstić information content (AvgIpc) is 2.67. The van der Waals surface area contributed by atoms with Crippen LogP contribution < -0.4 is 21.7 Å². The largest absolute Gasteiger partial charge is 0.437 e. The van der Waals surface area contributed by atoms with Gasteiger partial charge in [0.2, 0.25) is 0 Å². The number of nitrogens with two attached hydrogens (primary N) is 2. The van der Waals surface area contributed by atoms with E-state index in [1.807, 2.05) is 0 Å². The van der Waals surface area contributed by atoms with Crippen LogP contribution >= 0.6 is 0 Å². The molecule has 2 aromatic carbocycles. The van der Waals surface area contributed by atoms with Crippen LogP contribution in [0.5, 0.6) is 0 Å².